The van der Waals surface area contributed by atoms with E-state index in [0.717, 1.165) is 0 Å². The molecule has 19 heavy (non-hydrogen) atoms. The van der Waals surface area contributed by atoms with Gasteiger partial charge in [-0.3, -0.25) is 4.79 Å². The van der Waals surface area contributed by atoms with E-state index in [1.165, 1.54) is 24.3 Å². The van der Waals surface area contributed by atoms with Crippen LogP contribution >= 0.6 is 15.9 Å². The molecule has 4 nitrogen and oxygen atoms in total. The summed E-state index contributed by atoms with van der Waals surface area (Å²) in [4.78, 5) is 11.9. The second-order valence-corrected chi connectivity index (χ2v) is 4.71. The molecule has 0 fully saturated rings. The Hall–Kier alpha value is -2.08. The molecule has 0 aliphatic heterocycles. The molecule has 0 saturated carbocycles. The predicted octanol–water partition coefficient (Wildman–Crippen LogP) is 3.13. The lowest BCUT2D eigenvalue weighted by molar-refractivity contribution is 0.102. The van der Waals surface area contributed by atoms with Crippen molar-refractivity contribution in [3.8, 4) is 5.75 Å². The summed E-state index contributed by atoms with van der Waals surface area (Å²) in [5.41, 5.74) is 6.02. The van der Waals surface area contributed by atoms with Gasteiger partial charge in [-0.25, -0.2) is 4.39 Å². The van der Waals surface area contributed by atoms with Crippen LogP contribution in [0, 0.1) is 5.82 Å². The Morgan fingerprint density at radius 2 is 2.00 bits per heavy atom. The number of hydrogen-bond donors (Lipinski definition) is 3. The highest BCUT2D eigenvalue weighted by Gasteiger charge is 2.09. The summed E-state index contributed by atoms with van der Waals surface area (Å²) < 4.78 is 13.5. The average Bonchev–Trinajstić information content (AvgIpc) is 2.37. The number of benzene rings is 2. The van der Waals surface area contributed by atoms with E-state index in [1.54, 1.807) is 12.1 Å². The fraction of sp³-hybridized carbons (Fsp3) is 0. The van der Waals surface area contributed by atoms with Crippen LogP contribution in [0.4, 0.5) is 15.8 Å². The molecule has 98 valence electrons. The van der Waals surface area contributed by atoms with Gasteiger partial charge in [0.25, 0.3) is 5.91 Å². The van der Waals surface area contributed by atoms with Gasteiger partial charge < -0.3 is 16.2 Å². The van der Waals surface area contributed by atoms with E-state index in [4.69, 9.17) is 5.73 Å². The third kappa shape index (κ3) is 3.03. The Morgan fingerprint density at radius 3 is 2.63 bits per heavy atom. The van der Waals surface area contributed by atoms with Gasteiger partial charge in [0, 0.05) is 11.3 Å². The molecule has 0 aliphatic carbocycles. The molecule has 0 aromatic heterocycles. The van der Waals surface area contributed by atoms with E-state index in [0.29, 0.717) is 10.2 Å². The minimum Gasteiger partial charge on any atom is -0.507 e. The first kappa shape index (κ1) is 13.4. The number of carbonyl (C=O) groups excluding carboxylic acids is 1. The van der Waals surface area contributed by atoms with Crippen molar-refractivity contribution in [2.75, 3.05) is 11.1 Å². The van der Waals surface area contributed by atoms with Crippen LogP contribution in [0.3, 0.4) is 0 Å². The number of rotatable bonds is 2. The monoisotopic (exact) mass is 324 g/mol. The molecular weight excluding hydrogens is 315 g/mol. The molecule has 2 aromatic carbocycles. The maximum atomic E-state index is 13.0. The number of anilines is 2. The number of aromatic hydroxyl groups is 1. The molecule has 0 saturated heterocycles. The first-order chi connectivity index (χ1) is 8.97. The van der Waals surface area contributed by atoms with Crippen LogP contribution in [0.5, 0.6) is 5.75 Å². The van der Waals surface area contributed by atoms with E-state index >= 15 is 0 Å². The van der Waals surface area contributed by atoms with Crippen molar-refractivity contribution in [2.45, 2.75) is 0 Å². The third-order valence-corrected chi connectivity index (χ3v) is 3.13. The minimum absolute atomic E-state index is 0.0359. The summed E-state index contributed by atoms with van der Waals surface area (Å²) in [6, 6.07) is 8.33. The maximum absolute atomic E-state index is 13.0. The number of nitrogens with two attached hydrogens (primary N) is 1. The summed E-state index contributed by atoms with van der Waals surface area (Å²) in [6.45, 7) is 0. The summed E-state index contributed by atoms with van der Waals surface area (Å²) >= 11 is 3.12. The molecular formula is C13H10BrFN2O2. The van der Waals surface area contributed by atoms with Gasteiger partial charge in [-0.1, -0.05) is 0 Å². The van der Waals surface area contributed by atoms with Gasteiger partial charge in [-0.15, -0.1) is 0 Å². The Labute approximate surface area is 117 Å². The third-order valence-electron chi connectivity index (χ3n) is 2.46. The average molecular weight is 325 g/mol. The molecule has 6 heteroatoms. The van der Waals surface area contributed by atoms with Crippen molar-refractivity contribution in [3.05, 3.63) is 52.3 Å². The van der Waals surface area contributed by atoms with Crippen LogP contribution < -0.4 is 11.1 Å². The number of carbonyl (C=O) groups is 1. The number of phenolic OH excluding ortho intramolecular Hbond substituents is 1. The molecule has 2 aromatic rings. The Balaban J connectivity index is 2.20. The minimum atomic E-state index is -0.542. The molecule has 2 rings (SSSR count). The highest BCUT2D eigenvalue weighted by atomic mass is 79.9. The van der Waals surface area contributed by atoms with E-state index < -0.39 is 11.7 Å². The van der Waals surface area contributed by atoms with Gasteiger partial charge in [0.15, 0.2) is 0 Å². The molecule has 0 bridgehead atoms. The quantitative estimate of drug-likeness (QED) is 0.743. The fourth-order valence-corrected chi connectivity index (χ4v) is 1.73. The van der Waals surface area contributed by atoms with Crippen molar-refractivity contribution in [3.63, 3.8) is 0 Å². The van der Waals surface area contributed by atoms with Crippen LogP contribution in [-0.2, 0) is 0 Å². The van der Waals surface area contributed by atoms with Gasteiger partial charge in [0.2, 0.25) is 0 Å². The van der Waals surface area contributed by atoms with Gasteiger partial charge in [-0.05, 0) is 52.3 Å². The molecule has 0 heterocycles. The van der Waals surface area contributed by atoms with Crippen molar-refractivity contribution in [1.29, 1.82) is 0 Å². The molecule has 0 atom stereocenters. The fourth-order valence-electron chi connectivity index (χ4n) is 1.48. The Kier molecular flexibility index (Phi) is 3.71. The van der Waals surface area contributed by atoms with Crippen molar-refractivity contribution in [1.82, 2.24) is 0 Å². The van der Waals surface area contributed by atoms with Gasteiger partial charge >= 0.3 is 0 Å². The van der Waals surface area contributed by atoms with E-state index in [9.17, 15) is 14.3 Å². The zero-order valence-corrected chi connectivity index (χ0v) is 11.2. The number of hydrogen-bond acceptors (Lipinski definition) is 3. The standard InChI is InChI=1S/C13H10BrFN2O2/c14-9-3-1-7(5-12(9)18)13(19)17-8-2-4-10(15)11(16)6-8/h1-6,18H,16H2,(H,17,19). The van der Waals surface area contributed by atoms with Crippen molar-refractivity contribution in [2.24, 2.45) is 0 Å². The predicted molar refractivity (Wildman–Crippen MR) is 74.6 cm³/mol. The number of amides is 1. The Morgan fingerprint density at radius 1 is 1.26 bits per heavy atom. The van der Waals surface area contributed by atoms with Crippen LogP contribution in [0.25, 0.3) is 0 Å². The van der Waals surface area contributed by atoms with Gasteiger partial charge in [0.1, 0.15) is 11.6 Å². The zero-order chi connectivity index (χ0) is 14.0. The van der Waals surface area contributed by atoms with E-state index in [2.05, 4.69) is 21.2 Å². The Bertz CT molecular complexity index is 647. The molecule has 1 amide bonds. The molecule has 0 unspecified atom stereocenters. The SMILES string of the molecule is Nc1cc(NC(=O)c2ccc(Br)c(O)c2)ccc1F. The van der Waals surface area contributed by atoms with Gasteiger partial charge in [-0.2, -0.15) is 0 Å². The number of phenols is 1. The summed E-state index contributed by atoms with van der Waals surface area (Å²) in [6.07, 6.45) is 0. The van der Waals surface area contributed by atoms with Crippen LogP contribution in [0.15, 0.2) is 40.9 Å². The smallest absolute Gasteiger partial charge is 0.255 e. The molecule has 0 aliphatic rings. The lowest BCUT2D eigenvalue weighted by atomic mass is 10.2. The summed E-state index contributed by atoms with van der Waals surface area (Å²) in [5.74, 6) is -1.00. The maximum Gasteiger partial charge on any atom is 0.255 e. The second kappa shape index (κ2) is 5.27. The van der Waals surface area contributed by atoms with Crippen LogP contribution in [0.2, 0.25) is 0 Å². The summed E-state index contributed by atoms with van der Waals surface area (Å²) in [7, 11) is 0. The first-order valence-electron chi connectivity index (χ1n) is 5.32. The van der Waals surface area contributed by atoms with Crippen LogP contribution in [-0.4, -0.2) is 11.0 Å². The van der Waals surface area contributed by atoms with Crippen molar-refractivity contribution < 1.29 is 14.3 Å². The largest absolute Gasteiger partial charge is 0.507 e. The van der Waals surface area contributed by atoms with Crippen molar-refractivity contribution >= 4 is 33.2 Å². The molecule has 0 spiro atoms. The number of nitrogens with one attached hydrogen (secondary N) is 1. The lowest BCUT2D eigenvalue weighted by Crippen LogP contribution is -2.12. The highest BCUT2D eigenvalue weighted by Crippen LogP contribution is 2.25. The number of halogens is 2. The van der Waals surface area contributed by atoms with E-state index in [1.807, 2.05) is 0 Å². The molecule has 4 N–H and O–H groups in total. The van der Waals surface area contributed by atoms with Gasteiger partial charge in [0.05, 0.1) is 10.2 Å². The zero-order valence-electron chi connectivity index (χ0n) is 9.65. The summed E-state index contributed by atoms with van der Waals surface area (Å²) in [5, 5.41) is 12.1. The normalized spacial score (nSPS) is 10.2. The number of nitrogen functional groups attached to an aromatic ring is 1. The second-order valence-electron chi connectivity index (χ2n) is 3.86. The van der Waals surface area contributed by atoms with Crippen LogP contribution in [0.1, 0.15) is 10.4 Å². The molecule has 0 radical (unpaired) electrons. The van der Waals surface area contributed by atoms with E-state index in [-0.39, 0.29) is 17.0 Å². The lowest BCUT2D eigenvalue weighted by Gasteiger charge is -2.07. The highest BCUT2D eigenvalue weighted by molar-refractivity contribution is 9.10. The first-order valence-corrected chi connectivity index (χ1v) is 6.11. The topological polar surface area (TPSA) is 75.3 Å².